The number of nitrogens with zero attached hydrogens (tertiary/aromatic N) is 1. The number of benzene rings is 2. The zero-order valence-corrected chi connectivity index (χ0v) is 22.1. The van der Waals surface area contributed by atoms with Crippen molar-refractivity contribution in [2.75, 3.05) is 19.5 Å². The maximum absolute atomic E-state index is 14.8. The number of hydrogen-bond donors (Lipinski definition) is 2. The van der Waals surface area contributed by atoms with Crippen LogP contribution in [0.1, 0.15) is 6.42 Å². The van der Waals surface area contributed by atoms with Crippen molar-refractivity contribution in [3.8, 4) is 23.0 Å². The number of nitrogens with one attached hydrogen (secondary N) is 2. The Balaban J connectivity index is 1.45. The van der Waals surface area contributed by atoms with Gasteiger partial charge in [-0.15, -0.1) is 0 Å². The van der Waals surface area contributed by atoms with E-state index in [9.17, 15) is 14.0 Å². The van der Waals surface area contributed by atoms with Crippen molar-refractivity contribution in [2.24, 2.45) is 0 Å². The van der Waals surface area contributed by atoms with E-state index in [1.165, 1.54) is 26.4 Å². The van der Waals surface area contributed by atoms with E-state index in [0.29, 0.717) is 32.3 Å². The Morgan fingerprint density at radius 2 is 1.85 bits per heavy atom. The number of ether oxygens (including phenoxy) is 3. The van der Waals surface area contributed by atoms with Crippen molar-refractivity contribution in [2.45, 2.75) is 14.8 Å². The van der Waals surface area contributed by atoms with Crippen LogP contribution in [0.25, 0.3) is 10.9 Å². The molecule has 34 heavy (non-hydrogen) atoms. The van der Waals surface area contributed by atoms with Crippen LogP contribution in [0.5, 0.6) is 23.0 Å². The molecule has 0 saturated carbocycles. The Labute approximate surface area is 203 Å². The van der Waals surface area contributed by atoms with Gasteiger partial charge >= 0.3 is 140 Å². The van der Waals surface area contributed by atoms with E-state index >= 15 is 0 Å². The van der Waals surface area contributed by atoms with Crippen LogP contribution in [0.2, 0.25) is 8.35 Å². The number of pyridine rings is 1. The number of halogens is 1. The maximum atomic E-state index is 14.8. The Morgan fingerprint density at radius 3 is 2.56 bits per heavy atom. The predicted octanol–water partition coefficient (Wildman–Crippen LogP) is 4.83. The van der Waals surface area contributed by atoms with E-state index in [4.69, 9.17) is 14.2 Å². The molecule has 3 aromatic rings. The summed E-state index contributed by atoms with van der Waals surface area (Å²) in [6.07, 6.45) is 4.69. The first kappa shape index (κ1) is 23.9. The molecule has 0 radical (unpaired) electrons. The van der Waals surface area contributed by atoms with Crippen LogP contribution in [0.15, 0.2) is 52.5 Å². The minimum Gasteiger partial charge on any atom is -0.493 e. The van der Waals surface area contributed by atoms with Crippen LogP contribution in [0, 0.1) is 5.82 Å². The first-order valence-corrected chi connectivity index (χ1v) is 17.3. The minimum absolute atomic E-state index is 0.0357. The topological polar surface area (TPSA) is 98.8 Å². The number of aromatic nitrogens is 1. The number of fused-ring (bicyclic) bond motifs is 1. The van der Waals surface area contributed by atoms with Gasteiger partial charge in [-0.05, 0) is 6.07 Å². The van der Waals surface area contributed by atoms with Gasteiger partial charge in [0.2, 0.25) is 0 Å². The molecule has 0 aliphatic carbocycles. The molecule has 0 saturated heterocycles. The molecule has 1 aliphatic heterocycles. The van der Waals surface area contributed by atoms with Crippen LogP contribution >= 0.6 is 0 Å². The van der Waals surface area contributed by atoms with Gasteiger partial charge in [0.05, 0.1) is 19.7 Å². The second-order valence-electron chi connectivity index (χ2n) is 7.75. The summed E-state index contributed by atoms with van der Waals surface area (Å²) in [5, 5.41) is 5.41. The number of hydrogen-bond acceptors (Lipinski definition) is 6. The third-order valence-electron chi connectivity index (χ3n) is 5.43. The fourth-order valence-corrected chi connectivity index (χ4v) is 10.3. The van der Waals surface area contributed by atoms with Gasteiger partial charge in [0, 0.05) is 12.3 Å². The van der Waals surface area contributed by atoms with Gasteiger partial charge in [0.25, 0.3) is 0 Å². The fourth-order valence-electron chi connectivity index (χ4n) is 3.76. The second-order valence-corrected chi connectivity index (χ2v) is 16.0. The molecule has 0 unspecified atom stereocenters. The van der Waals surface area contributed by atoms with Crippen molar-refractivity contribution in [3.05, 3.63) is 58.3 Å². The van der Waals surface area contributed by atoms with E-state index in [1.54, 1.807) is 24.4 Å². The number of urea groups is 1. The molecule has 0 atom stereocenters. The molecular formula is C24H23FInN3O5. The average Bonchev–Trinajstić information content (AvgIpc) is 3.32. The molecule has 0 fully saturated rings. The van der Waals surface area contributed by atoms with Crippen LogP contribution in [0.3, 0.4) is 0 Å². The Hall–Kier alpha value is -3.27. The normalized spacial score (nSPS) is 12.5. The monoisotopic (exact) mass is 567 g/mol. The van der Waals surface area contributed by atoms with Gasteiger partial charge in [-0.2, -0.15) is 0 Å². The summed E-state index contributed by atoms with van der Waals surface area (Å²) in [6, 6.07) is 8.37. The third kappa shape index (κ3) is 5.61. The average molecular weight is 567 g/mol. The summed E-state index contributed by atoms with van der Waals surface area (Å²) in [5.74, 6) is 0.374. The summed E-state index contributed by atoms with van der Waals surface area (Å²) in [7, 11) is 3.05. The van der Waals surface area contributed by atoms with Gasteiger partial charge < -0.3 is 9.47 Å². The number of allylic oxidation sites excluding steroid dienone is 1. The van der Waals surface area contributed by atoms with E-state index in [1.807, 2.05) is 0 Å². The second kappa shape index (κ2) is 10.8. The van der Waals surface area contributed by atoms with Crippen molar-refractivity contribution in [3.63, 3.8) is 0 Å². The Morgan fingerprint density at radius 1 is 1.06 bits per heavy atom. The third-order valence-corrected chi connectivity index (χ3v) is 13.4. The number of anilines is 1. The summed E-state index contributed by atoms with van der Waals surface area (Å²) < 4.78 is 34.9. The zero-order valence-electron chi connectivity index (χ0n) is 18.8. The Bertz CT molecular complexity index is 1270. The summed E-state index contributed by atoms with van der Waals surface area (Å²) in [6.45, 7) is 0. The molecule has 2 N–H and O–H groups in total. The number of carbonyl (C=O) groups is 2. The standard InChI is InChI=1S/C20H17FN3O5.C4H6.In/c1-11(25)23-20(26)24-12-4-5-17(14(21)8-12)29-16-6-7-22-15-10-19(28-3)18(27-2)9-13(15)16;1-3-4-2;/h4-10H,1H2,2-3H3,(H2,23,24,25,26);1,3H,2,4H2;. The minimum atomic E-state index is -1.93. The van der Waals surface area contributed by atoms with Crippen LogP contribution < -0.4 is 24.8 Å². The smallest absolute Gasteiger partial charge is 0.493 e. The van der Waals surface area contributed by atoms with E-state index < -0.39 is 33.3 Å². The molecule has 3 amide bonds. The fraction of sp³-hybridized carbons (Fsp3) is 0.208. The van der Waals surface area contributed by atoms with Gasteiger partial charge in [0.1, 0.15) is 0 Å². The van der Waals surface area contributed by atoms with E-state index in [2.05, 4.69) is 25.5 Å². The summed E-state index contributed by atoms with van der Waals surface area (Å²) in [4.78, 5) is 28.5. The van der Waals surface area contributed by atoms with E-state index in [0.717, 1.165) is 16.7 Å². The molecule has 4 rings (SSSR count). The van der Waals surface area contributed by atoms with Crippen molar-refractivity contribution >= 4 is 50.0 Å². The van der Waals surface area contributed by atoms with Crippen LogP contribution in [0.4, 0.5) is 14.9 Å². The number of amides is 3. The first-order valence-electron chi connectivity index (χ1n) is 10.7. The van der Waals surface area contributed by atoms with Crippen molar-refractivity contribution in [1.29, 1.82) is 0 Å². The van der Waals surface area contributed by atoms with Crippen LogP contribution in [-0.4, -0.2) is 52.6 Å². The van der Waals surface area contributed by atoms with Crippen molar-refractivity contribution in [1.82, 2.24) is 10.3 Å². The number of methoxy groups -OCH3 is 2. The van der Waals surface area contributed by atoms with Gasteiger partial charge in [-0.1, -0.05) is 0 Å². The number of carbonyl (C=O) groups excluding carboxylic acids is 2. The number of imide groups is 1. The molecule has 2 heterocycles. The molecule has 1 aliphatic rings. The molecule has 0 spiro atoms. The van der Waals surface area contributed by atoms with E-state index in [-0.39, 0.29) is 17.3 Å². The molecule has 2 aromatic carbocycles. The zero-order chi connectivity index (χ0) is 24.1. The van der Waals surface area contributed by atoms with Gasteiger partial charge in [-0.25, -0.2) is 0 Å². The van der Waals surface area contributed by atoms with Crippen LogP contribution in [-0.2, 0) is 4.79 Å². The molecule has 174 valence electrons. The van der Waals surface area contributed by atoms with Gasteiger partial charge in [0.15, 0.2) is 11.5 Å². The predicted molar refractivity (Wildman–Crippen MR) is 128 cm³/mol. The SMILES string of the molecule is COc1cc2nccc(Oc3ccc(NC(=O)NC(=O)[CH2][In]4[CH]=CC[CH2]4)cc3F)c2cc1OC. The molecular weight excluding hydrogens is 544 g/mol. The van der Waals surface area contributed by atoms with Gasteiger partial charge in [-0.3, -0.25) is 4.98 Å². The molecule has 1 aromatic heterocycles. The van der Waals surface area contributed by atoms with Crippen molar-refractivity contribution < 1.29 is 28.2 Å². The quantitative estimate of drug-likeness (QED) is 0.425. The summed E-state index contributed by atoms with van der Waals surface area (Å²) in [5.41, 5.74) is 0.790. The Kier molecular flexibility index (Phi) is 7.56. The summed E-state index contributed by atoms with van der Waals surface area (Å²) >= 11 is -1.93. The molecule has 10 heteroatoms. The molecule has 0 bridgehead atoms. The number of rotatable bonds is 7. The molecule has 8 nitrogen and oxygen atoms in total. The first-order chi connectivity index (χ1) is 16.5.